The molecule has 3 amide bonds. The molecule has 0 N–H and O–H groups in total. The van der Waals surface area contributed by atoms with E-state index in [2.05, 4.69) is 6.58 Å². The SMILES string of the molecule is C=CCSc1ccc(N(COC)C(=O)N(COC)C(=O)c2c(F)cccc2F)c(F)c1. The highest BCUT2D eigenvalue weighted by Gasteiger charge is 2.32. The molecule has 2 rings (SSSR count). The number of urea groups is 1. The standard InChI is InChI=1S/C21H21F3N2O4S/c1-4-10-31-14-8-9-18(17(24)11-14)25(12-29-2)21(28)26(13-30-3)20(27)19-15(22)6-5-7-16(19)23/h4-9,11H,1,10,12-13H2,2-3H3. The fourth-order valence-corrected chi connectivity index (χ4v) is 3.28. The van der Waals surface area contributed by atoms with Crippen molar-refractivity contribution in [3.05, 3.63) is 72.1 Å². The maximum Gasteiger partial charge on any atom is 0.335 e. The summed E-state index contributed by atoms with van der Waals surface area (Å²) in [7, 11) is 2.46. The average molecular weight is 454 g/mol. The Hall–Kier alpha value is -2.82. The molecule has 0 heterocycles. The molecule has 2 aromatic carbocycles. The van der Waals surface area contributed by atoms with Gasteiger partial charge in [0.05, 0.1) is 5.69 Å². The number of benzene rings is 2. The van der Waals surface area contributed by atoms with Crippen molar-refractivity contribution in [1.82, 2.24) is 4.90 Å². The van der Waals surface area contributed by atoms with E-state index in [1.54, 1.807) is 12.1 Å². The summed E-state index contributed by atoms with van der Waals surface area (Å²) in [6.45, 7) is 2.54. The highest BCUT2D eigenvalue weighted by Crippen LogP contribution is 2.27. The van der Waals surface area contributed by atoms with Gasteiger partial charge in [-0.1, -0.05) is 12.1 Å². The van der Waals surface area contributed by atoms with Crippen LogP contribution in [0.1, 0.15) is 10.4 Å². The highest BCUT2D eigenvalue weighted by molar-refractivity contribution is 7.99. The Morgan fingerprint density at radius 1 is 1.03 bits per heavy atom. The molecule has 0 aliphatic heterocycles. The van der Waals surface area contributed by atoms with Crippen LogP contribution in [0.2, 0.25) is 0 Å². The van der Waals surface area contributed by atoms with Gasteiger partial charge in [0, 0.05) is 24.9 Å². The number of rotatable bonds is 9. The predicted molar refractivity (Wildman–Crippen MR) is 111 cm³/mol. The third-order valence-electron chi connectivity index (χ3n) is 3.98. The van der Waals surface area contributed by atoms with Crippen LogP contribution in [0.25, 0.3) is 0 Å². The lowest BCUT2D eigenvalue weighted by atomic mass is 10.1. The third kappa shape index (κ3) is 5.87. The molecule has 31 heavy (non-hydrogen) atoms. The second-order valence-electron chi connectivity index (χ2n) is 6.09. The number of carbonyl (C=O) groups is 2. The van der Waals surface area contributed by atoms with Gasteiger partial charge in [0.1, 0.15) is 36.5 Å². The molecule has 0 aromatic heterocycles. The van der Waals surface area contributed by atoms with Crippen LogP contribution < -0.4 is 4.90 Å². The summed E-state index contributed by atoms with van der Waals surface area (Å²) in [6, 6.07) is 5.93. The number of nitrogens with zero attached hydrogens (tertiary/aromatic N) is 2. The van der Waals surface area contributed by atoms with Gasteiger partial charge in [-0.2, -0.15) is 0 Å². The van der Waals surface area contributed by atoms with Crippen LogP contribution in [-0.2, 0) is 9.47 Å². The Morgan fingerprint density at radius 3 is 2.23 bits per heavy atom. The van der Waals surface area contributed by atoms with Crippen molar-refractivity contribution in [2.45, 2.75) is 4.90 Å². The summed E-state index contributed by atoms with van der Waals surface area (Å²) in [5.41, 5.74) is -1.11. The fraction of sp³-hybridized carbons (Fsp3) is 0.238. The second-order valence-corrected chi connectivity index (χ2v) is 7.18. The lowest BCUT2D eigenvalue weighted by molar-refractivity contribution is 0.0525. The van der Waals surface area contributed by atoms with E-state index in [0.717, 1.165) is 23.1 Å². The molecule has 166 valence electrons. The monoisotopic (exact) mass is 454 g/mol. The van der Waals surface area contributed by atoms with Crippen LogP contribution in [0, 0.1) is 17.5 Å². The van der Waals surface area contributed by atoms with Gasteiger partial charge in [-0.15, -0.1) is 18.3 Å². The first-order valence-corrected chi connectivity index (χ1v) is 9.92. The molecule has 0 fully saturated rings. The zero-order valence-corrected chi connectivity index (χ0v) is 17.8. The first-order chi connectivity index (χ1) is 14.8. The zero-order chi connectivity index (χ0) is 23.0. The molecule has 2 aromatic rings. The minimum absolute atomic E-state index is 0.183. The van der Waals surface area contributed by atoms with E-state index in [1.165, 1.54) is 38.1 Å². The number of anilines is 1. The van der Waals surface area contributed by atoms with Crippen molar-refractivity contribution in [3.63, 3.8) is 0 Å². The topological polar surface area (TPSA) is 59.1 Å². The predicted octanol–water partition coefficient (Wildman–Crippen LogP) is 4.66. The Balaban J connectivity index is 2.43. The van der Waals surface area contributed by atoms with Gasteiger partial charge in [0.25, 0.3) is 5.91 Å². The summed E-state index contributed by atoms with van der Waals surface area (Å²) in [6.07, 6.45) is 1.66. The lowest BCUT2D eigenvalue weighted by Crippen LogP contribution is -2.48. The molecular formula is C21H21F3N2O4S. The minimum atomic E-state index is -1.28. The van der Waals surface area contributed by atoms with Crippen LogP contribution in [0.3, 0.4) is 0 Å². The van der Waals surface area contributed by atoms with Crippen molar-refractivity contribution < 1.29 is 32.2 Å². The largest absolute Gasteiger partial charge is 0.364 e. The first-order valence-electron chi connectivity index (χ1n) is 8.94. The summed E-state index contributed by atoms with van der Waals surface area (Å²) >= 11 is 1.34. The van der Waals surface area contributed by atoms with E-state index in [4.69, 9.17) is 9.47 Å². The molecule has 0 aliphatic rings. The van der Waals surface area contributed by atoms with Gasteiger partial charge >= 0.3 is 6.03 Å². The molecule has 0 saturated heterocycles. The number of carbonyl (C=O) groups excluding carboxylic acids is 2. The minimum Gasteiger partial charge on any atom is -0.364 e. The molecular weight excluding hydrogens is 433 g/mol. The Bertz CT molecular complexity index is 938. The Morgan fingerprint density at radius 2 is 1.68 bits per heavy atom. The lowest BCUT2D eigenvalue weighted by Gasteiger charge is -2.29. The summed E-state index contributed by atoms with van der Waals surface area (Å²) in [4.78, 5) is 27.8. The van der Waals surface area contributed by atoms with E-state index < -0.39 is 48.4 Å². The van der Waals surface area contributed by atoms with Gasteiger partial charge in [-0.25, -0.2) is 22.9 Å². The summed E-state index contributed by atoms with van der Waals surface area (Å²) < 4.78 is 52.8. The van der Waals surface area contributed by atoms with E-state index in [0.29, 0.717) is 15.5 Å². The number of imide groups is 1. The maximum absolute atomic E-state index is 14.8. The van der Waals surface area contributed by atoms with Crippen LogP contribution in [0.15, 0.2) is 53.9 Å². The van der Waals surface area contributed by atoms with E-state index in [1.807, 2.05) is 0 Å². The van der Waals surface area contributed by atoms with Crippen molar-refractivity contribution in [2.24, 2.45) is 0 Å². The zero-order valence-electron chi connectivity index (χ0n) is 16.9. The number of thioether (sulfide) groups is 1. The Kier molecular flexibility index (Phi) is 9.10. The van der Waals surface area contributed by atoms with Crippen molar-refractivity contribution in [1.29, 1.82) is 0 Å². The number of halogens is 3. The maximum atomic E-state index is 14.8. The third-order valence-corrected chi connectivity index (χ3v) is 4.97. The van der Waals surface area contributed by atoms with Crippen LogP contribution in [0.5, 0.6) is 0 Å². The van der Waals surface area contributed by atoms with Crippen molar-refractivity contribution >= 4 is 29.4 Å². The van der Waals surface area contributed by atoms with Gasteiger partial charge in [0.15, 0.2) is 0 Å². The molecule has 0 unspecified atom stereocenters. The molecule has 0 aliphatic carbocycles. The number of amides is 3. The fourth-order valence-electron chi connectivity index (χ4n) is 2.62. The van der Waals surface area contributed by atoms with Crippen LogP contribution >= 0.6 is 11.8 Å². The molecule has 0 radical (unpaired) electrons. The Labute approximate surface area is 182 Å². The van der Waals surface area contributed by atoms with Crippen LogP contribution in [0.4, 0.5) is 23.7 Å². The van der Waals surface area contributed by atoms with E-state index in [-0.39, 0.29) is 5.69 Å². The molecule has 0 bridgehead atoms. The molecule has 0 spiro atoms. The second kappa shape index (κ2) is 11.5. The van der Waals surface area contributed by atoms with Crippen LogP contribution in [-0.4, -0.2) is 50.3 Å². The highest BCUT2D eigenvalue weighted by atomic mass is 32.2. The quantitative estimate of drug-likeness (QED) is 0.313. The molecule has 10 heteroatoms. The van der Waals surface area contributed by atoms with Crippen molar-refractivity contribution in [2.75, 3.05) is 38.3 Å². The number of hydrogen-bond donors (Lipinski definition) is 0. The molecule has 6 nitrogen and oxygen atoms in total. The van der Waals surface area contributed by atoms with E-state index >= 15 is 0 Å². The van der Waals surface area contributed by atoms with Gasteiger partial charge in [-0.3, -0.25) is 9.69 Å². The number of hydrogen-bond acceptors (Lipinski definition) is 5. The van der Waals surface area contributed by atoms with E-state index in [9.17, 15) is 22.8 Å². The smallest absolute Gasteiger partial charge is 0.335 e. The first kappa shape index (κ1) is 24.4. The van der Waals surface area contributed by atoms with Gasteiger partial charge in [-0.05, 0) is 30.3 Å². The molecule has 0 atom stereocenters. The normalized spacial score (nSPS) is 10.6. The average Bonchev–Trinajstić information content (AvgIpc) is 2.74. The van der Waals surface area contributed by atoms with Crippen molar-refractivity contribution in [3.8, 4) is 0 Å². The molecule has 0 saturated carbocycles. The van der Waals surface area contributed by atoms with Gasteiger partial charge in [0.2, 0.25) is 0 Å². The summed E-state index contributed by atoms with van der Waals surface area (Å²) in [5.74, 6) is -3.76. The number of ether oxygens (including phenoxy) is 2. The summed E-state index contributed by atoms with van der Waals surface area (Å²) in [5, 5.41) is 0. The number of methoxy groups -OCH3 is 2. The van der Waals surface area contributed by atoms with Gasteiger partial charge < -0.3 is 9.47 Å².